The van der Waals surface area contributed by atoms with Gasteiger partial charge < -0.3 is 20.3 Å². The lowest BCUT2D eigenvalue weighted by Gasteiger charge is -2.32. The molecule has 0 aliphatic carbocycles. The highest BCUT2D eigenvalue weighted by Crippen LogP contribution is 2.23. The second-order valence-electron chi connectivity index (χ2n) is 7.94. The Labute approximate surface area is 204 Å². The zero-order valence-electron chi connectivity index (χ0n) is 19.6. The number of aromatic nitrogens is 2. The van der Waals surface area contributed by atoms with Crippen molar-refractivity contribution in [2.75, 3.05) is 42.2 Å². The van der Waals surface area contributed by atoms with E-state index < -0.39 is 5.97 Å². The molecule has 1 aliphatic heterocycles. The average Bonchev–Trinajstić information content (AvgIpc) is 2.87. The number of thioether (sulfide) groups is 1. The lowest BCUT2D eigenvalue weighted by atomic mass is 9.97. The predicted octanol–water partition coefficient (Wildman–Crippen LogP) is 3.13. The molecule has 34 heavy (non-hydrogen) atoms. The fourth-order valence-corrected chi connectivity index (χ4v) is 4.21. The molecule has 0 bridgehead atoms. The first kappa shape index (κ1) is 25.5. The van der Waals surface area contributed by atoms with Crippen molar-refractivity contribution in [3.63, 3.8) is 0 Å². The summed E-state index contributed by atoms with van der Waals surface area (Å²) < 4.78 is 4.95. The van der Waals surface area contributed by atoms with Crippen LogP contribution in [-0.2, 0) is 14.3 Å². The number of amides is 2. The van der Waals surface area contributed by atoms with Crippen LogP contribution in [0.3, 0.4) is 0 Å². The summed E-state index contributed by atoms with van der Waals surface area (Å²) in [6.07, 6.45) is 2.74. The summed E-state index contributed by atoms with van der Waals surface area (Å²) in [5.74, 6) is 0.411. The third-order valence-electron chi connectivity index (χ3n) is 5.32. The fraction of sp³-hybridized carbons (Fsp3) is 0.458. The highest BCUT2D eigenvalue weighted by Gasteiger charge is 2.26. The van der Waals surface area contributed by atoms with Gasteiger partial charge in [0.2, 0.25) is 11.8 Å². The van der Waals surface area contributed by atoms with Crippen molar-refractivity contribution in [2.45, 2.75) is 38.1 Å². The summed E-state index contributed by atoms with van der Waals surface area (Å²) in [7, 11) is 0. The number of anilines is 2. The monoisotopic (exact) mass is 485 g/mol. The van der Waals surface area contributed by atoms with Crippen LogP contribution in [0.1, 0.15) is 43.5 Å². The van der Waals surface area contributed by atoms with Gasteiger partial charge in [0, 0.05) is 25.3 Å². The quantitative estimate of drug-likeness (QED) is 0.390. The lowest BCUT2D eigenvalue weighted by molar-refractivity contribution is -0.125. The maximum absolute atomic E-state index is 12.3. The minimum Gasteiger partial charge on any atom is -0.462 e. The minimum absolute atomic E-state index is 0.0359. The van der Waals surface area contributed by atoms with Gasteiger partial charge in [0.15, 0.2) is 5.82 Å². The van der Waals surface area contributed by atoms with Crippen molar-refractivity contribution in [2.24, 2.45) is 5.92 Å². The third kappa shape index (κ3) is 7.44. The molecule has 10 heteroatoms. The van der Waals surface area contributed by atoms with Crippen molar-refractivity contribution in [1.29, 1.82) is 0 Å². The Morgan fingerprint density at radius 1 is 1.12 bits per heavy atom. The molecule has 2 N–H and O–H groups in total. The number of rotatable bonds is 10. The standard InChI is InChI=1S/C24H31N5O4S/c1-3-13-25-23(31)18-6-5-14-29(15-18)20-11-12-22(28-27-20)34-16-21(30)26-19-9-7-17(8-10-19)24(32)33-4-2/h7-12,18H,3-6,13-16H2,1-2H3,(H,25,31)(H,26,30)/t18-/m0/s1. The number of nitrogens with one attached hydrogen (secondary N) is 2. The van der Waals surface area contributed by atoms with Crippen molar-refractivity contribution in [3.8, 4) is 0 Å². The Kier molecular flexibility index (Phi) is 9.69. The van der Waals surface area contributed by atoms with Gasteiger partial charge in [0.25, 0.3) is 0 Å². The van der Waals surface area contributed by atoms with E-state index in [2.05, 4.69) is 25.7 Å². The van der Waals surface area contributed by atoms with E-state index in [4.69, 9.17) is 4.74 Å². The van der Waals surface area contributed by atoms with E-state index in [0.29, 0.717) is 36.0 Å². The molecule has 1 saturated heterocycles. The second kappa shape index (κ2) is 12.9. The van der Waals surface area contributed by atoms with Crippen molar-refractivity contribution >= 4 is 41.1 Å². The van der Waals surface area contributed by atoms with Crippen LogP contribution in [-0.4, -0.2) is 60.0 Å². The number of hydrogen-bond acceptors (Lipinski definition) is 8. The van der Waals surface area contributed by atoms with Gasteiger partial charge in [0.1, 0.15) is 5.03 Å². The molecule has 3 rings (SSSR count). The average molecular weight is 486 g/mol. The highest BCUT2D eigenvalue weighted by atomic mass is 32.2. The van der Waals surface area contributed by atoms with Crippen LogP contribution in [0.25, 0.3) is 0 Å². The Balaban J connectivity index is 1.46. The molecule has 1 atom stereocenters. The molecule has 1 fully saturated rings. The Morgan fingerprint density at radius 3 is 2.59 bits per heavy atom. The first-order valence-corrected chi connectivity index (χ1v) is 12.5. The number of nitrogens with zero attached hydrogens (tertiary/aromatic N) is 3. The summed E-state index contributed by atoms with van der Waals surface area (Å²) in [5.41, 5.74) is 1.04. The highest BCUT2D eigenvalue weighted by molar-refractivity contribution is 7.99. The first-order chi connectivity index (χ1) is 16.5. The van der Waals surface area contributed by atoms with E-state index >= 15 is 0 Å². The molecule has 2 heterocycles. The molecule has 2 amide bonds. The van der Waals surface area contributed by atoms with Crippen LogP contribution in [0.4, 0.5) is 11.5 Å². The Hall–Kier alpha value is -3.14. The van der Waals surface area contributed by atoms with Crippen LogP contribution in [0, 0.1) is 5.92 Å². The summed E-state index contributed by atoms with van der Waals surface area (Å²) in [5, 5.41) is 15.0. The van der Waals surface area contributed by atoms with Crippen molar-refractivity contribution < 1.29 is 19.1 Å². The summed E-state index contributed by atoms with van der Waals surface area (Å²) in [4.78, 5) is 38.4. The summed E-state index contributed by atoms with van der Waals surface area (Å²) in [6.45, 7) is 6.28. The summed E-state index contributed by atoms with van der Waals surface area (Å²) in [6, 6.07) is 10.3. The van der Waals surface area contributed by atoms with E-state index in [1.807, 2.05) is 19.1 Å². The topological polar surface area (TPSA) is 114 Å². The van der Waals surface area contributed by atoms with E-state index in [9.17, 15) is 14.4 Å². The van der Waals surface area contributed by atoms with Crippen LogP contribution >= 0.6 is 11.8 Å². The number of piperidine rings is 1. The van der Waals surface area contributed by atoms with Crippen LogP contribution in [0.5, 0.6) is 0 Å². The molecule has 182 valence electrons. The number of esters is 1. The zero-order valence-corrected chi connectivity index (χ0v) is 20.4. The lowest BCUT2D eigenvalue weighted by Crippen LogP contribution is -2.43. The predicted molar refractivity (Wildman–Crippen MR) is 132 cm³/mol. The molecule has 1 aliphatic rings. The van der Waals surface area contributed by atoms with E-state index in [0.717, 1.165) is 31.6 Å². The molecule has 9 nitrogen and oxygen atoms in total. The molecule has 1 aromatic carbocycles. The van der Waals surface area contributed by atoms with Crippen molar-refractivity contribution in [1.82, 2.24) is 15.5 Å². The number of benzene rings is 1. The Bertz CT molecular complexity index is 968. The largest absolute Gasteiger partial charge is 0.462 e. The first-order valence-electron chi connectivity index (χ1n) is 11.6. The number of ether oxygens (including phenoxy) is 1. The summed E-state index contributed by atoms with van der Waals surface area (Å²) >= 11 is 1.29. The number of hydrogen-bond donors (Lipinski definition) is 2. The van der Waals surface area contributed by atoms with Gasteiger partial charge in [0.05, 0.1) is 23.8 Å². The van der Waals surface area contributed by atoms with E-state index in [1.54, 1.807) is 31.2 Å². The SMILES string of the molecule is CCCNC(=O)[C@H]1CCCN(c2ccc(SCC(=O)Nc3ccc(C(=O)OCC)cc3)nn2)C1. The van der Waals surface area contributed by atoms with Gasteiger partial charge >= 0.3 is 5.97 Å². The molecular weight excluding hydrogens is 454 g/mol. The smallest absolute Gasteiger partial charge is 0.338 e. The third-order valence-corrected chi connectivity index (χ3v) is 6.24. The molecule has 0 radical (unpaired) electrons. The van der Waals surface area contributed by atoms with Gasteiger partial charge in [-0.3, -0.25) is 9.59 Å². The van der Waals surface area contributed by atoms with Crippen LogP contribution < -0.4 is 15.5 Å². The number of carbonyl (C=O) groups is 3. The van der Waals surface area contributed by atoms with Crippen molar-refractivity contribution in [3.05, 3.63) is 42.0 Å². The van der Waals surface area contributed by atoms with Gasteiger partial charge in [-0.05, 0) is 62.6 Å². The minimum atomic E-state index is -0.391. The van der Waals surface area contributed by atoms with Gasteiger partial charge in [-0.15, -0.1) is 10.2 Å². The number of carbonyl (C=O) groups excluding carboxylic acids is 3. The van der Waals surface area contributed by atoms with Gasteiger partial charge in [-0.1, -0.05) is 18.7 Å². The van der Waals surface area contributed by atoms with E-state index in [-0.39, 0.29) is 23.5 Å². The molecule has 2 aromatic rings. The maximum Gasteiger partial charge on any atom is 0.338 e. The molecule has 1 aromatic heterocycles. The van der Waals surface area contributed by atoms with Crippen LogP contribution in [0.2, 0.25) is 0 Å². The molecule has 0 spiro atoms. The maximum atomic E-state index is 12.3. The molecular formula is C24H31N5O4S. The normalized spacial score (nSPS) is 15.5. The van der Waals surface area contributed by atoms with E-state index in [1.165, 1.54) is 11.8 Å². The molecule has 0 unspecified atom stereocenters. The second-order valence-corrected chi connectivity index (χ2v) is 8.94. The fourth-order valence-electron chi connectivity index (χ4n) is 3.59. The van der Waals surface area contributed by atoms with Crippen LogP contribution in [0.15, 0.2) is 41.4 Å². The van der Waals surface area contributed by atoms with Gasteiger partial charge in [-0.2, -0.15) is 0 Å². The molecule has 0 saturated carbocycles. The zero-order chi connectivity index (χ0) is 24.3. The van der Waals surface area contributed by atoms with Gasteiger partial charge in [-0.25, -0.2) is 4.79 Å². The Morgan fingerprint density at radius 2 is 1.91 bits per heavy atom.